The molecule has 0 unspecified atom stereocenters. The number of sulfonamides is 1. The van der Waals surface area contributed by atoms with Crippen molar-refractivity contribution in [2.45, 2.75) is 17.7 Å². The highest BCUT2D eigenvalue weighted by atomic mass is 32.2. The van der Waals surface area contributed by atoms with E-state index in [4.69, 9.17) is 9.47 Å². The van der Waals surface area contributed by atoms with Crippen LogP contribution in [0.25, 0.3) is 0 Å². The van der Waals surface area contributed by atoms with Gasteiger partial charge in [-0.3, -0.25) is 4.79 Å². The molecule has 1 N–H and O–H groups in total. The molecule has 2 aromatic carbocycles. The van der Waals surface area contributed by atoms with Crippen LogP contribution < -0.4 is 10.1 Å². The maximum Gasteiger partial charge on any atom is 0.338 e. The molecule has 1 aliphatic carbocycles. The summed E-state index contributed by atoms with van der Waals surface area (Å²) >= 11 is 0. The zero-order valence-corrected chi connectivity index (χ0v) is 17.6. The molecule has 0 radical (unpaired) electrons. The van der Waals surface area contributed by atoms with E-state index in [0.29, 0.717) is 17.0 Å². The van der Waals surface area contributed by atoms with Crippen LogP contribution in [0.3, 0.4) is 0 Å². The Morgan fingerprint density at radius 1 is 1.07 bits per heavy atom. The highest BCUT2D eigenvalue weighted by Gasteiger charge is 2.29. The van der Waals surface area contributed by atoms with Crippen molar-refractivity contribution < 1.29 is 27.5 Å². The van der Waals surface area contributed by atoms with Crippen molar-refractivity contribution in [3.8, 4) is 5.75 Å². The van der Waals surface area contributed by atoms with Crippen molar-refractivity contribution >= 4 is 27.6 Å². The largest absolute Gasteiger partial charge is 0.490 e. The highest BCUT2D eigenvalue weighted by Crippen LogP contribution is 2.30. The lowest BCUT2D eigenvalue weighted by Gasteiger charge is -2.12. The van der Waals surface area contributed by atoms with Gasteiger partial charge in [0.15, 0.2) is 0 Å². The SMILES string of the molecule is CN(C)S(=O)(=O)c1ccc(OCCOC(=O)c2cccc(NC(=O)C3CC3)c2)cc1. The van der Waals surface area contributed by atoms with Crippen LogP contribution >= 0.6 is 0 Å². The molecule has 2 aromatic rings. The zero-order valence-electron chi connectivity index (χ0n) is 16.8. The minimum atomic E-state index is -3.49. The molecule has 8 nitrogen and oxygen atoms in total. The van der Waals surface area contributed by atoms with Crippen LogP contribution in [0.2, 0.25) is 0 Å². The van der Waals surface area contributed by atoms with Gasteiger partial charge in [0, 0.05) is 25.7 Å². The van der Waals surface area contributed by atoms with E-state index in [0.717, 1.165) is 17.1 Å². The molecular weight excluding hydrogens is 408 g/mol. The first-order chi connectivity index (χ1) is 14.3. The zero-order chi connectivity index (χ0) is 21.7. The van der Waals surface area contributed by atoms with Crippen LogP contribution in [-0.4, -0.2) is 51.9 Å². The summed E-state index contributed by atoms with van der Waals surface area (Å²) in [5.41, 5.74) is 0.896. The molecule has 1 fully saturated rings. The summed E-state index contributed by atoms with van der Waals surface area (Å²) < 4.78 is 35.9. The number of anilines is 1. The average molecular weight is 432 g/mol. The Kier molecular flexibility index (Phi) is 6.73. The molecule has 0 aliphatic heterocycles. The Labute approximate surface area is 175 Å². The summed E-state index contributed by atoms with van der Waals surface area (Å²) in [7, 11) is -0.565. The first-order valence-corrected chi connectivity index (χ1v) is 10.9. The standard InChI is InChI=1S/C21H24N2O6S/c1-23(2)30(26,27)19-10-8-18(9-11-19)28-12-13-29-21(25)16-4-3-5-17(14-16)22-20(24)15-6-7-15/h3-5,8-11,14-15H,6-7,12-13H2,1-2H3,(H,22,24). The number of ether oxygens (including phenoxy) is 2. The van der Waals surface area contributed by atoms with Gasteiger partial charge in [0.05, 0.1) is 10.5 Å². The third kappa shape index (κ3) is 5.58. The lowest BCUT2D eigenvalue weighted by molar-refractivity contribution is -0.117. The van der Waals surface area contributed by atoms with Crippen LogP contribution in [0.4, 0.5) is 5.69 Å². The fraction of sp³-hybridized carbons (Fsp3) is 0.333. The Morgan fingerprint density at radius 2 is 1.77 bits per heavy atom. The summed E-state index contributed by atoms with van der Waals surface area (Å²) in [4.78, 5) is 24.2. The van der Waals surface area contributed by atoms with Crippen molar-refractivity contribution in [3.05, 3.63) is 54.1 Å². The lowest BCUT2D eigenvalue weighted by atomic mass is 10.2. The second kappa shape index (κ2) is 9.27. The monoisotopic (exact) mass is 432 g/mol. The number of benzene rings is 2. The molecule has 0 aromatic heterocycles. The van der Waals surface area contributed by atoms with E-state index >= 15 is 0 Å². The van der Waals surface area contributed by atoms with Gasteiger partial charge in [0.25, 0.3) is 0 Å². The number of esters is 1. The second-order valence-electron chi connectivity index (χ2n) is 7.09. The minimum absolute atomic E-state index is 0.0231. The molecule has 30 heavy (non-hydrogen) atoms. The quantitative estimate of drug-likeness (QED) is 0.483. The molecule has 0 bridgehead atoms. The normalized spacial score (nSPS) is 13.7. The van der Waals surface area contributed by atoms with Gasteiger partial charge in [0.2, 0.25) is 15.9 Å². The van der Waals surface area contributed by atoms with Crippen molar-refractivity contribution in [2.75, 3.05) is 32.6 Å². The van der Waals surface area contributed by atoms with Gasteiger partial charge >= 0.3 is 5.97 Å². The maximum absolute atomic E-state index is 12.2. The van der Waals surface area contributed by atoms with E-state index in [9.17, 15) is 18.0 Å². The van der Waals surface area contributed by atoms with Crippen LogP contribution in [0.1, 0.15) is 23.2 Å². The third-order valence-electron chi connectivity index (χ3n) is 4.50. The number of amides is 1. The Balaban J connectivity index is 1.46. The van der Waals surface area contributed by atoms with E-state index in [-0.39, 0.29) is 29.9 Å². The number of rotatable bonds is 9. The predicted molar refractivity (Wildman–Crippen MR) is 111 cm³/mol. The fourth-order valence-electron chi connectivity index (χ4n) is 2.61. The van der Waals surface area contributed by atoms with Crippen molar-refractivity contribution in [2.24, 2.45) is 5.92 Å². The number of hydrogen-bond donors (Lipinski definition) is 1. The van der Waals surface area contributed by atoms with Gasteiger partial charge in [-0.2, -0.15) is 0 Å². The van der Waals surface area contributed by atoms with Crippen molar-refractivity contribution in [1.29, 1.82) is 0 Å². The van der Waals surface area contributed by atoms with Crippen LogP contribution in [0.15, 0.2) is 53.4 Å². The third-order valence-corrected chi connectivity index (χ3v) is 6.33. The summed E-state index contributed by atoms with van der Waals surface area (Å²) in [6.07, 6.45) is 1.81. The summed E-state index contributed by atoms with van der Waals surface area (Å²) in [6, 6.07) is 12.6. The summed E-state index contributed by atoms with van der Waals surface area (Å²) in [5.74, 6) is -0.00443. The predicted octanol–water partition coefficient (Wildman–Crippen LogP) is 2.52. The number of nitrogens with one attached hydrogen (secondary N) is 1. The molecule has 1 amide bonds. The lowest BCUT2D eigenvalue weighted by Crippen LogP contribution is -2.22. The molecule has 0 heterocycles. The average Bonchev–Trinajstić information content (AvgIpc) is 3.57. The highest BCUT2D eigenvalue weighted by molar-refractivity contribution is 7.89. The fourth-order valence-corrected chi connectivity index (χ4v) is 3.51. The molecule has 0 spiro atoms. The van der Waals surface area contributed by atoms with Gasteiger partial charge in [0.1, 0.15) is 19.0 Å². The summed E-state index contributed by atoms with van der Waals surface area (Å²) in [5, 5.41) is 2.79. The maximum atomic E-state index is 12.2. The van der Waals surface area contributed by atoms with E-state index in [1.807, 2.05) is 0 Å². The van der Waals surface area contributed by atoms with E-state index < -0.39 is 16.0 Å². The molecule has 9 heteroatoms. The first kappa shape index (κ1) is 21.8. The van der Waals surface area contributed by atoms with Gasteiger partial charge in [-0.05, 0) is 55.3 Å². The van der Waals surface area contributed by atoms with Gasteiger partial charge in [-0.1, -0.05) is 6.07 Å². The molecule has 0 saturated heterocycles. The number of carbonyl (C=O) groups excluding carboxylic acids is 2. The van der Waals surface area contributed by atoms with Crippen LogP contribution in [-0.2, 0) is 19.6 Å². The first-order valence-electron chi connectivity index (χ1n) is 9.51. The van der Waals surface area contributed by atoms with Crippen LogP contribution in [0, 0.1) is 5.92 Å². The second-order valence-corrected chi connectivity index (χ2v) is 9.24. The Bertz CT molecular complexity index is 1010. The summed E-state index contributed by atoms with van der Waals surface area (Å²) in [6.45, 7) is 0.138. The number of hydrogen-bond acceptors (Lipinski definition) is 6. The molecule has 3 rings (SSSR count). The van der Waals surface area contributed by atoms with Crippen LogP contribution in [0.5, 0.6) is 5.75 Å². The molecule has 0 atom stereocenters. The molecule has 160 valence electrons. The smallest absolute Gasteiger partial charge is 0.338 e. The molecular formula is C21H24N2O6S. The van der Waals surface area contributed by atoms with E-state index in [2.05, 4.69) is 5.32 Å². The topological polar surface area (TPSA) is 102 Å². The minimum Gasteiger partial charge on any atom is -0.490 e. The van der Waals surface area contributed by atoms with E-state index in [1.165, 1.54) is 26.2 Å². The van der Waals surface area contributed by atoms with Crippen molar-refractivity contribution in [3.63, 3.8) is 0 Å². The number of carbonyl (C=O) groups is 2. The number of nitrogens with zero attached hydrogens (tertiary/aromatic N) is 1. The van der Waals surface area contributed by atoms with E-state index in [1.54, 1.807) is 36.4 Å². The molecule has 1 saturated carbocycles. The van der Waals surface area contributed by atoms with Gasteiger partial charge in [-0.15, -0.1) is 0 Å². The van der Waals surface area contributed by atoms with Crippen molar-refractivity contribution in [1.82, 2.24) is 4.31 Å². The Morgan fingerprint density at radius 3 is 2.40 bits per heavy atom. The Hall–Kier alpha value is -2.91. The molecule has 1 aliphatic rings. The van der Waals surface area contributed by atoms with Gasteiger partial charge < -0.3 is 14.8 Å². The van der Waals surface area contributed by atoms with Gasteiger partial charge in [-0.25, -0.2) is 17.5 Å².